The van der Waals surface area contributed by atoms with Crippen LogP contribution in [-0.4, -0.2) is 24.7 Å². The van der Waals surface area contributed by atoms with Crippen molar-refractivity contribution in [2.24, 2.45) is 5.73 Å². The lowest BCUT2D eigenvalue weighted by molar-refractivity contribution is -0.00897. The van der Waals surface area contributed by atoms with E-state index < -0.39 is 5.91 Å². The van der Waals surface area contributed by atoms with Crippen LogP contribution < -0.4 is 11.1 Å². The van der Waals surface area contributed by atoms with E-state index in [2.05, 4.69) is 5.32 Å². The number of nitrogens with one attached hydrogen (secondary N) is 1. The highest BCUT2D eigenvalue weighted by Crippen LogP contribution is 2.10. The van der Waals surface area contributed by atoms with Crippen molar-refractivity contribution in [3.63, 3.8) is 0 Å². The minimum Gasteiger partial charge on any atom is -0.375 e. The minimum atomic E-state index is -0.392. The van der Waals surface area contributed by atoms with Crippen molar-refractivity contribution in [3.05, 3.63) is 35.4 Å². The standard InChI is InChI=1S/C14H22N2O2/c1-4-18-14(2,3)10-16-9-11-7-5-6-8-12(11)13(15)17/h5-8,16H,4,9-10H2,1-3H3,(H2,15,17). The molecular formula is C14H22N2O2. The fourth-order valence-electron chi connectivity index (χ4n) is 1.85. The van der Waals surface area contributed by atoms with E-state index in [1.54, 1.807) is 6.07 Å². The molecular weight excluding hydrogens is 228 g/mol. The van der Waals surface area contributed by atoms with Gasteiger partial charge in [0.15, 0.2) is 0 Å². The van der Waals surface area contributed by atoms with Gasteiger partial charge in [-0.15, -0.1) is 0 Å². The van der Waals surface area contributed by atoms with Crippen LogP contribution in [0, 0.1) is 0 Å². The maximum absolute atomic E-state index is 11.3. The number of benzene rings is 1. The molecule has 100 valence electrons. The van der Waals surface area contributed by atoms with Crippen LogP contribution >= 0.6 is 0 Å². The van der Waals surface area contributed by atoms with Gasteiger partial charge >= 0.3 is 0 Å². The highest BCUT2D eigenvalue weighted by atomic mass is 16.5. The van der Waals surface area contributed by atoms with E-state index in [-0.39, 0.29) is 5.60 Å². The van der Waals surface area contributed by atoms with Gasteiger partial charge in [-0.1, -0.05) is 18.2 Å². The molecule has 0 radical (unpaired) electrons. The quantitative estimate of drug-likeness (QED) is 0.774. The molecule has 0 aliphatic rings. The van der Waals surface area contributed by atoms with E-state index in [0.29, 0.717) is 25.3 Å². The lowest BCUT2D eigenvalue weighted by atomic mass is 10.1. The summed E-state index contributed by atoms with van der Waals surface area (Å²) in [6, 6.07) is 7.36. The van der Waals surface area contributed by atoms with Crippen LogP contribution in [0.2, 0.25) is 0 Å². The number of rotatable bonds is 7. The zero-order valence-corrected chi connectivity index (χ0v) is 11.3. The van der Waals surface area contributed by atoms with Gasteiger partial charge in [-0.2, -0.15) is 0 Å². The van der Waals surface area contributed by atoms with Crippen molar-refractivity contribution in [2.75, 3.05) is 13.2 Å². The van der Waals surface area contributed by atoms with Gasteiger partial charge in [0.2, 0.25) is 5.91 Å². The van der Waals surface area contributed by atoms with Gasteiger partial charge in [0.25, 0.3) is 0 Å². The normalized spacial score (nSPS) is 11.5. The Balaban J connectivity index is 2.56. The molecule has 0 spiro atoms. The lowest BCUT2D eigenvalue weighted by Gasteiger charge is -2.25. The van der Waals surface area contributed by atoms with E-state index in [1.807, 2.05) is 39.0 Å². The van der Waals surface area contributed by atoms with Gasteiger partial charge < -0.3 is 15.8 Å². The number of carbonyl (C=O) groups is 1. The highest BCUT2D eigenvalue weighted by molar-refractivity contribution is 5.94. The number of hydrogen-bond acceptors (Lipinski definition) is 3. The molecule has 1 amide bonds. The number of hydrogen-bond donors (Lipinski definition) is 2. The average molecular weight is 250 g/mol. The lowest BCUT2D eigenvalue weighted by Crippen LogP contribution is -2.37. The Labute approximate surface area is 109 Å². The molecule has 0 atom stereocenters. The first-order chi connectivity index (χ1) is 8.46. The van der Waals surface area contributed by atoms with Crippen LogP contribution in [0.4, 0.5) is 0 Å². The van der Waals surface area contributed by atoms with Gasteiger partial charge in [-0.25, -0.2) is 0 Å². The third-order valence-corrected chi connectivity index (χ3v) is 2.68. The molecule has 3 N–H and O–H groups in total. The van der Waals surface area contributed by atoms with Crippen LogP contribution in [0.5, 0.6) is 0 Å². The molecule has 0 saturated heterocycles. The molecule has 1 aromatic carbocycles. The maximum atomic E-state index is 11.3. The van der Waals surface area contributed by atoms with Crippen molar-refractivity contribution in [2.45, 2.75) is 32.9 Å². The Hall–Kier alpha value is -1.39. The summed E-state index contributed by atoms with van der Waals surface area (Å²) in [6.45, 7) is 8.05. The third-order valence-electron chi connectivity index (χ3n) is 2.68. The molecule has 4 heteroatoms. The molecule has 1 aromatic rings. The summed E-state index contributed by atoms with van der Waals surface area (Å²) in [4.78, 5) is 11.3. The second-order valence-electron chi connectivity index (χ2n) is 4.82. The summed E-state index contributed by atoms with van der Waals surface area (Å²) in [7, 11) is 0. The topological polar surface area (TPSA) is 64.3 Å². The van der Waals surface area contributed by atoms with Gasteiger partial charge in [0.1, 0.15) is 0 Å². The summed E-state index contributed by atoms with van der Waals surface area (Å²) in [5, 5.41) is 3.29. The number of amides is 1. The summed E-state index contributed by atoms with van der Waals surface area (Å²) in [5.74, 6) is -0.392. The van der Waals surface area contributed by atoms with Crippen LogP contribution in [0.15, 0.2) is 24.3 Å². The van der Waals surface area contributed by atoms with Crippen LogP contribution in [0.25, 0.3) is 0 Å². The van der Waals surface area contributed by atoms with Crippen molar-refractivity contribution >= 4 is 5.91 Å². The molecule has 0 aromatic heterocycles. The van der Waals surface area contributed by atoms with Gasteiger partial charge in [-0.3, -0.25) is 4.79 Å². The number of carbonyl (C=O) groups excluding carboxylic acids is 1. The Kier molecular flexibility index (Phi) is 5.31. The minimum absolute atomic E-state index is 0.212. The SMILES string of the molecule is CCOC(C)(C)CNCc1ccccc1C(N)=O. The molecule has 0 fully saturated rings. The zero-order valence-electron chi connectivity index (χ0n) is 11.3. The Morgan fingerprint density at radius 1 is 1.39 bits per heavy atom. The fourth-order valence-corrected chi connectivity index (χ4v) is 1.85. The number of ether oxygens (including phenoxy) is 1. The predicted molar refractivity (Wildman–Crippen MR) is 72.4 cm³/mol. The fraction of sp³-hybridized carbons (Fsp3) is 0.500. The van der Waals surface area contributed by atoms with Crippen LogP contribution in [-0.2, 0) is 11.3 Å². The van der Waals surface area contributed by atoms with E-state index in [1.165, 1.54) is 0 Å². The first-order valence-electron chi connectivity index (χ1n) is 6.18. The average Bonchev–Trinajstić information content (AvgIpc) is 2.29. The molecule has 0 unspecified atom stereocenters. The molecule has 0 aliphatic carbocycles. The highest BCUT2D eigenvalue weighted by Gasteiger charge is 2.17. The Morgan fingerprint density at radius 3 is 2.67 bits per heavy atom. The molecule has 1 rings (SSSR count). The monoisotopic (exact) mass is 250 g/mol. The molecule has 0 bridgehead atoms. The Bertz CT molecular complexity index is 403. The van der Waals surface area contributed by atoms with Crippen LogP contribution in [0.3, 0.4) is 0 Å². The Morgan fingerprint density at radius 2 is 2.06 bits per heavy atom. The molecule has 0 heterocycles. The van der Waals surface area contributed by atoms with E-state index in [9.17, 15) is 4.79 Å². The summed E-state index contributed by atoms with van der Waals surface area (Å²) in [5.41, 5.74) is 6.60. The smallest absolute Gasteiger partial charge is 0.249 e. The van der Waals surface area contributed by atoms with Crippen molar-refractivity contribution < 1.29 is 9.53 Å². The van der Waals surface area contributed by atoms with E-state index in [0.717, 1.165) is 5.56 Å². The zero-order chi connectivity index (χ0) is 13.6. The second kappa shape index (κ2) is 6.52. The van der Waals surface area contributed by atoms with Gasteiger partial charge in [-0.05, 0) is 32.4 Å². The number of primary amides is 1. The summed E-state index contributed by atoms with van der Waals surface area (Å²) in [6.07, 6.45) is 0. The van der Waals surface area contributed by atoms with Gasteiger partial charge in [0, 0.05) is 25.3 Å². The first-order valence-corrected chi connectivity index (χ1v) is 6.18. The van der Waals surface area contributed by atoms with E-state index >= 15 is 0 Å². The van der Waals surface area contributed by atoms with E-state index in [4.69, 9.17) is 10.5 Å². The summed E-state index contributed by atoms with van der Waals surface area (Å²) < 4.78 is 5.59. The van der Waals surface area contributed by atoms with Crippen molar-refractivity contribution in [1.82, 2.24) is 5.32 Å². The van der Waals surface area contributed by atoms with Crippen LogP contribution in [0.1, 0.15) is 36.7 Å². The van der Waals surface area contributed by atoms with Gasteiger partial charge in [0.05, 0.1) is 5.60 Å². The van der Waals surface area contributed by atoms with Crippen molar-refractivity contribution in [3.8, 4) is 0 Å². The molecule has 4 nitrogen and oxygen atoms in total. The third kappa shape index (κ3) is 4.47. The largest absolute Gasteiger partial charge is 0.375 e. The molecule has 0 saturated carbocycles. The number of nitrogens with two attached hydrogens (primary N) is 1. The molecule has 0 aliphatic heterocycles. The van der Waals surface area contributed by atoms with Crippen molar-refractivity contribution in [1.29, 1.82) is 0 Å². The first kappa shape index (κ1) is 14.7. The molecule has 18 heavy (non-hydrogen) atoms. The second-order valence-corrected chi connectivity index (χ2v) is 4.82. The summed E-state index contributed by atoms with van der Waals surface area (Å²) >= 11 is 0. The predicted octanol–water partition coefficient (Wildman–Crippen LogP) is 1.69. The maximum Gasteiger partial charge on any atom is 0.249 e.